The number of Topliss-reactive ketones (excluding diaryl/α,β-unsaturated/α-hetero) is 1. The van der Waals surface area contributed by atoms with E-state index in [1.807, 2.05) is 0 Å². The second-order valence-corrected chi connectivity index (χ2v) is 6.35. The molecule has 3 rings (SSSR count). The third-order valence-corrected chi connectivity index (χ3v) is 4.21. The number of amides is 1. The molecule has 2 aromatic carbocycles. The summed E-state index contributed by atoms with van der Waals surface area (Å²) in [6.45, 7) is 2.74. The number of anilines is 2. The summed E-state index contributed by atoms with van der Waals surface area (Å²) in [7, 11) is 0. The molecule has 30 heavy (non-hydrogen) atoms. The van der Waals surface area contributed by atoms with Gasteiger partial charge < -0.3 is 24.8 Å². The van der Waals surface area contributed by atoms with E-state index in [-0.39, 0.29) is 41.9 Å². The molecule has 0 radical (unpaired) electrons. The molecular weight excluding hydrogens is 405 g/mol. The van der Waals surface area contributed by atoms with Crippen molar-refractivity contribution < 1.29 is 37.0 Å². The lowest BCUT2D eigenvalue weighted by Gasteiger charge is -2.16. The van der Waals surface area contributed by atoms with Crippen LogP contribution in [0.4, 0.5) is 24.5 Å². The molecular formula is C20H19F3N2O5. The van der Waals surface area contributed by atoms with Gasteiger partial charge in [0.05, 0.1) is 24.4 Å². The fraction of sp³-hybridized carbons (Fsp3) is 0.300. The lowest BCUT2D eigenvalue weighted by Crippen LogP contribution is -2.24. The van der Waals surface area contributed by atoms with Gasteiger partial charge in [-0.05, 0) is 38.1 Å². The van der Waals surface area contributed by atoms with Crippen molar-refractivity contribution in [2.45, 2.75) is 20.0 Å². The molecule has 7 nitrogen and oxygen atoms in total. The zero-order chi connectivity index (χ0) is 21.9. The van der Waals surface area contributed by atoms with E-state index in [1.54, 1.807) is 6.92 Å². The molecule has 2 aromatic rings. The van der Waals surface area contributed by atoms with Crippen LogP contribution >= 0.6 is 0 Å². The number of halogens is 3. The van der Waals surface area contributed by atoms with Crippen LogP contribution in [-0.2, 0) is 11.0 Å². The molecule has 0 aromatic heterocycles. The maximum atomic E-state index is 13.3. The highest BCUT2D eigenvalue weighted by Crippen LogP contribution is 2.38. The molecule has 0 aliphatic carbocycles. The Kier molecular flexibility index (Phi) is 6.04. The van der Waals surface area contributed by atoms with E-state index in [4.69, 9.17) is 14.2 Å². The molecule has 0 saturated carbocycles. The Labute approximate surface area is 170 Å². The highest BCUT2D eigenvalue weighted by atomic mass is 19.4. The van der Waals surface area contributed by atoms with Gasteiger partial charge in [-0.2, -0.15) is 13.2 Å². The van der Waals surface area contributed by atoms with Gasteiger partial charge >= 0.3 is 6.18 Å². The van der Waals surface area contributed by atoms with Crippen molar-refractivity contribution in [2.24, 2.45) is 0 Å². The first-order valence-electron chi connectivity index (χ1n) is 9.01. The topological polar surface area (TPSA) is 85.9 Å². The van der Waals surface area contributed by atoms with Gasteiger partial charge in [0, 0.05) is 17.3 Å². The largest absolute Gasteiger partial charge is 0.494 e. The van der Waals surface area contributed by atoms with Gasteiger partial charge in [0.15, 0.2) is 17.3 Å². The molecule has 0 spiro atoms. The first kappa shape index (κ1) is 21.3. The molecule has 0 fully saturated rings. The fourth-order valence-corrected chi connectivity index (χ4v) is 2.88. The quantitative estimate of drug-likeness (QED) is 0.652. The van der Waals surface area contributed by atoms with E-state index >= 15 is 0 Å². The summed E-state index contributed by atoms with van der Waals surface area (Å²) in [5.41, 5.74) is -0.835. The lowest BCUT2D eigenvalue weighted by atomic mass is 10.1. The predicted octanol–water partition coefficient (Wildman–Crippen LogP) is 4.09. The lowest BCUT2D eigenvalue weighted by molar-refractivity contribution is -0.137. The smallest absolute Gasteiger partial charge is 0.418 e. The SMILES string of the molecule is CCOc1ccc(NCC(=O)Nc2cc3c(cc2C(C)=O)OCO3)c(C(F)(F)F)c1. The molecule has 0 atom stereocenters. The van der Waals surface area contributed by atoms with Crippen LogP contribution in [0.3, 0.4) is 0 Å². The van der Waals surface area contributed by atoms with E-state index in [0.717, 1.165) is 6.07 Å². The van der Waals surface area contributed by atoms with Crippen LogP contribution in [0.2, 0.25) is 0 Å². The molecule has 1 heterocycles. The summed E-state index contributed by atoms with van der Waals surface area (Å²) in [6.07, 6.45) is -4.63. The fourth-order valence-electron chi connectivity index (χ4n) is 2.88. The number of ether oxygens (including phenoxy) is 3. The Morgan fingerprint density at radius 2 is 1.80 bits per heavy atom. The molecule has 160 valence electrons. The predicted molar refractivity (Wildman–Crippen MR) is 102 cm³/mol. The summed E-state index contributed by atoms with van der Waals surface area (Å²) in [4.78, 5) is 24.2. The number of fused-ring (bicyclic) bond motifs is 1. The van der Waals surface area contributed by atoms with Crippen LogP contribution in [0.25, 0.3) is 0 Å². The van der Waals surface area contributed by atoms with Gasteiger partial charge in [0.25, 0.3) is 0 Å². The number of nitrogens with one attached hydrogen (secondary N) is 2. The second-order valence-electron chi connectivity index (χ2n) is 6.35. The Morgan fingerprint density at radius 1 is 1.10 bits per heavy atom. The number of ketones is 1. The first-order valence-corrected chi connectivity index (χ1v) is 9.01. The zero-order valence-electron chi connectivity index (χ0n) is 16.2. The summed E-state index contributed by atoms with van der Waals surface area (Å²) < 4.78 is 55.6. The summed E-state index contributed by atoms with van der Waals surface area (Å²) >= 11 is 0. The minimum absolute atomic E-state index is 0.0103. The number of benzene rings is 2. The maximum absolute atomic E-state index is 13.3. The number of carbonyl (C=O) groups is 2. The van der Waals surface area contributed by atoms with Crippen LogP contribution in [0, 0.1) is 0 Å². The van der Waals surface area contributed by atoms with Crippen molar-refractivity contribution in [3.8, 4) is 17.2 Å². The average Bonchev–Trinajstić information content (AvgIpc) is 3.13. The standard InChI is InChI=1S/C20H19F3N2O5/c1-3-28-12-4-5-15(14(6-12)20(21,22)23)24-9-19(27)25-16-8-18-17(29-10-30-18)7-13(16)11(2)26/h4-8,24H,3,9-10H2,1-2H3,(H,25,27). The summed E-state index contributed by atoms with van der Waals surface area (Å²) in [5.74, 6) is -0.151. The highest BCUT2D eigenvalue weighted by Gasteiger charge is 2.34. The number of hydrogen-bond donors (Lipinski definition) is 2. The van der Waals surface area contributed by atoms with Gasteiger partial charge in [-0.3, -0.25) is 9.59 Å². The minimum atomic E-state index is -4.63. The minimum Gasteiger partial charge on any atom is -0.494 e. The zero-order valence-corrected chi connectivity index (χ0v) is 16.2. The number of carbonyl (C=O) groups excluding carboxylic acids is 2. The van der Waals surface area contributed by atoms with Crippen LogP contribution in [0.5, 0.6) is 17.2 Å². The molecule has 1 aliphatic rings. The van der Waals surface area contributed by atoms with Crippen molar-refractivity contribution in [2.75, 3.05) is 30.6 Å². The monoisotopic (exact) mass is 424 g/mol. The van der Waals surface area contributed by atoms with Crippen molar-refractivity contribution in [3.05, 3.63) is 41.5 Å². The summed E-state index contributed by atoms with van der Waals surface area (Å²) in [5, 5.41) is 5.00. The molecule has 2 N–H and O–H groups in total. The number of alkyl halides is 3. The van der Waals surface area contributed by atoms with Crippen molar-refractivity contribution in [1.82, 2.24) is 0 Å². The van der Waals surface area contributed by atoms with Crippen molar-refractivity contribution in [1.29, 1.82) is 0 Å². The van der Waals surface area contributed by atoms with Gasteiger partial charge in [0.2, 0.25) is 12.7 Å². The highest BCUT2D eigenvalue weighted by molar-refractivity contribution is 6.05. The van der Waals surface area contributed by atoms with Gasteiger partial charge in [-0.15, -0.1) is 0 Å². The van der Waals surface area contributed by atoms with E-state index < -0.39 is 24.2 Å². The normalized spacial score (nSPS) is 12.4. The Bertz CT molecular complexity index is 976. The Balaban J connectivity index is 1.75. The van der Waals surface area contributed by atoms with Crippen LogP contribution < -0.4 is 24.8 Å². The molecule has 0 unspecified atom stereocenters. The Morgan fingerprint density at radius 3 is 2.43 bits per heavy atom. The van der Waals surface area contributed by atoms with Gasteiger partial charge in [0.1, 0.15) is 5.75 Å². The third-order valence-electron chi connectivity index (χ3n) is 4.21. The van der Waals surface area contributed by atoms with E-state index in [0.29, 0.717) is 11.5 Å². The van der Waals surface area contributed by atoms with Crippen LogP contribution in [0.15, 0.2) is 30.3 Å². The molecule has 0 bridgehead atoms. The third kappa shape index (κ3) is 4.76. The average molecular weight is 424 g/mol. The maximum Gasteiger partial charge on any atom is 0.418 e. The van der Waals surface area contributed by atoms with Crippen molar-refractivity contribution in [3.63, 3.8) is 0 Å². The summed E-state index contributed by atoms with van der Waals surface area (Å²) in [6, 6.07) is 6.33. The van der Waals surface area contributed by atoms with Gasteiger partial charge in [-0.25, -0.2) is 0 Å². The Hall–Kier alpha value is -3.43. The van der Waals surface area contributed by atoms with Gasteiger partial charge in [-0.1, -0.05) is 0 Å². The molecule has 10 heteroatoms. The van der Waals surface area contributed by atoms with E-state index in [1.165, 1.54) is 31.2 Å². The number of rotatable bonds is 7. The molecule has 0 saturated heterocycles. The van der Waals surface area contributed by atoms with E-state index in [9.17, 15) is 22.8 Å². The van der Waals surface area contributed by atoms with E-state index in [2.05, 4.69) is 10.6 Å². The number of hydrogen-bond acceptors (Lipinski definition) is 6. The van der Waals surface area contributed by atoms with Crippen LogP contribution in [-0.4, -0.2) is 31.6 Å². The van der Waals surface area contributed by atoms with Crippen molar-refractivity contribution >= 4 is 23.1 Å². The molecule has 1 amide bonds. The van der Waals surface area contributed by atoms with Crippen LogP contribution in [0.1, 0.15) is 29.8 Å². The first-order chi connectivity index (χ1) is 14.2. The second kappa shape index (κ2) is 8.52. The molecule has 1 aliphatic heterocycles.